The van der Waals surface area contributed by atoms with E-state index in [9.17, 15) is 14.0 Å². The van der Waals surface area contributed by atoms with Crippen LogP contribution in [0.5, 0.6) is 5.75 Å². The van der Waals surface area contributed by atoms with E-state index in [4.69, 9.17) is 16.3 Å². The van der Waals surface area contributed by atoms with Gasteiger partial charge in [-0.25, -0.2) is 4.39 Å². The summed E-state index contributed by atoms with van der Waals surface area (Å²) in [5, 5.41) is 5.75. The highest BCUT2D eigenvalue weighted by Gasteiger charge is 2.56. The lowest BCUT2D eigenvalue weighted by Gasteiger charge is -2.17. The molecule has 0 atom stereocenters. The SMILES string of the molecule is COc1cc(Cl)c(C)cc1NC(=O)C1(C(=O)Nc2ccccc2F)CC1. The van der Waals surface area contributed by atoms with Crippen molar-refractivity contribution in [1.82, 2.24) is 0 Å². The van der Waals surface area contributed by atoms with Gasteiger partial charge in [-0.2, -0.15) is 0 Å². The van der Waals surface area contributed by atoms with Crippen LogP contribution in [0, 0.1) is 18.2 Å². The van der Waals surface area contributed by atoms with Crippen LogP contribution in [0.25, 0.3) is 0 Å². The second kappa shape index (κ2) is 6.96. The molecule has 0 aromatic heterocycles. The van der Waals surface area contributed by atoms with Crippen molar-refractivity contribution in [3.63, 3.8) is 0 Å². The van der Waals surface area contributed by atoms with Crippen molar-refractivity contribution in [2.24, 2.45) is 5.41 Å². The van der Waals surface area contributed by atoms with Gasteiger partial charge in [0.2, 0.25) is 11.8 Å². The van der Waals surface area contributed by atoms with Crippen LogP contribution >= 0.6 is 11.6 Å². The number of rotatable bonds is 5. The molecule has 1 aliphatic rings. The standard InChI is InChI=1S/C19H18ClFN2O3/c1-11-9-15(16(26-2)10-12(11)20)23-18(25)19(7-8-19)17(24)22-14-6-4-3-5-13(14)21/h3-6,9-10H,7-8H2,1-2H3,(H,22,24)(H,23,25). The first-order valence-electron chi connectivity index (χ1n) is 8.09. The molecular formula is C19H18ClFN2O3. The van der Waals surface area contributed by atoms with Gasteiger partial charge in [0.05, 0.1) is 18.5 Å². The van der Waals surface area contributed by atoms with E-state index in [-0.39, 0.29) is 5.69 Å². The zero-order valence-electron chi connectivity index (χ0n) is 14.4. The summed E-state index contributed by atoms with van der Waals surface area (Å²) in [6.07, 6.45) is 0.794. The monoisotopic (exact) mass is 376 g/mol. The van der Waals surface area contributed by atoms with Crippen molar-refractivity contribution < 1.29 is 18.7 Å². The number of anilines is 2. The zero-order valence-corrected chi connectivity index (χ0v) is 15.1. The number of ether oxygens (including phenoxy) is 1. The summed E-state index contributed by atoms with van der Waals surface area (Å²) in [4.78, 5) is 25.3. The maximum Gasteiger partial charge on any atom is 0.240 e. The van der Waals surface area contributed by atoms with E-state index >= 15 is 0 Å². The average Bonchev–Trinajstić information content (AvgIpc) is 3.42. The van der Waals surface area contributed by atoms with Crippen LogP contribution < -0.4 is 15.4 Å². The maximum absolute atomic E-state index is 13.7. The van der Waals surface area contributed by atoms with Crippen molar-refractivity contribution in [3.8, 4) is 5.75 Å². The summed E-state index contributed by atoms with van der Waals surface area (Å²) in [6.45, 7) is 1.80. The zero-order chi connectivity index (χ0) is 18.9. The minimum absolute atomic E-state index is 0.0523. The number of nitrogens with one attached hydrogen (secondary N) is 2. The number of amides is 2. The predicted octanol–water partition coefficient (Wildman–Crippen LogP) is 4.15. The number of hydrogen-bond donors (Lipinski definition) is 2. The van der Waals surface area contributed by atoms with Crippen LogP contribution in [0.3, 0.4) is 0 Å². The summed E-state index contributed by atoms with van der Waals surface area (Å²) in [5.41, 5.74) is 0.0465. The molecule has 2 aromatic carbocycles. The van der Waals surface area contributed by atoms with Crippen molar-refractivity contribution in [2.75, 3.05) is 17.7 Å². The first kappa shape index (κ1) is 18.2. The number of carbonyl (C=O) groups is 2. The van der Waals surface area contributed by atoms with Gasteiger partial charge < -0.3 is 15.4 Å². The Bertz CT molecular complexity index is 881. The maximum atomic E-state index is 13.7. The Morgan fingerprint density at radius 1 is 1.12 bits per heavy atom. The Morgan fingerprint density at radius 2 is 1.73 bits per heavy atom. The van der Waals surface area contributed by atoms with Gasteiger partial charge in [-0.15, -0.1) is 0 Å². The van der Waals surface area contributed by atoms with Crippen LogP contribution in [-0.2, 0) is 9.59 Å². The van der Waals surface area contributed by atoms with E-state index in [1.54, 1.807) is 25.1 Å². The Morgan fingerprint density at radius 3 is 2.31 bits per heavy atom. The molecule has 0 unspecified atom stereocenters. The highest BCUT2D eigenvalue weighted by molar-refractivity contribution is 6.31. The topological polar surface area (TPSA) is 67.4 Å². The van der Waals surface area contributed by atoms with Gasteiger partial charge in [-0.05, 0) is 43.5 Å². The number of benzene rings is 2. The van der Waals surface area contributed by atoms with Gasteiger partial charge in [-0.1, -0.05) is 23.7 Å². The third-order valence-electron chi connectivity index (χ3n) is 4.47. The normalized spacial score (nSPS) is 14.5. The summed E-state index contributed by atoms with van der Waals surface area (Å²) >= 11 is 6.07. The summed E-state index contributed by atoms with van der Waals surface area (Å²) in [7, 11) is 1.47. The number of carbonyl (C=O) groups excluding carboxylic acids is 2. The number of hydrogen-bond acceptors (Lipinski definition) is 3. The summed E-state index contributed by atoms with van der Waals surface area (Å²) in [6, 6.07) is 9.12. The van der Waals surface area contributed by atoms with Gasteiger partial charge in [0, 0.05) is 11.1 Å². The van der Waals surface area contributed by atoms with Gasteiger partial charge >= 0.3 is 0 Å². The third-order valence-corrected chi connectivity index (χ3v) is 4.88. The van der Waals surface area contributed by atoms with E-state index in [0.717, 1.165) is 5.56 Å². The summed E-state index contributed by atoms with van der Waals surface area (Å²) < 4.78 is 19.0. The third kappa shape index (κ3) is 3.37. The summed E-state index contributed by atoms with van der Waals surface area (Å²) in [5.74, 6) is -1.12. The second-order valence-electron chi connectivity index (χ2n) is 6.27. The molecule has 1 saturated carbocycles. The molecule has 136 valence electrons. The molecule has 2 aromatic rings. The number of para-hydroxylation sites is 1. The molecule has 0 spiro atoms. The van der Waals surface area contributed by atoms with Crippen LogP contribution in [0.4, 0.5) is 15.8 Å². The molecule has 0 saturated heterocycles. The van der Waals surface area contributed by atoms with Gasteiger partial charge in [0.25, 0.3) is 0 Å². The van der Waals surface area contributed by atoms with Crippen LogP contribution in [0.15, 0.2) is 36.4 Å². The minimum atomic E-state index is -1.21. The second-order valence-corrected chi connectivity index (χ2v) is 6.68. The molecule has 0 heterocycles. The van der Waals surface area contributed by atoms with E-state index in [1.807, 2.05) is 0 Å². The molecule has 2 amide bonds. The van der Waals surface area contributed by atoms with Gasteiger partial charge in [-0.3, -0.25) is 9.59 Å². The number of methoxy groups -OCH3 is 1. The molecule has 0 aliphatic heterocycles. The highest BCUT2D eigenvalue weighted by Crippen LogP contribution is 2.48. The van der Waals surface area contributed by atoms with E-state index in [0.29, 0.717) is 29.3 Å². The van der Waals surface area contributed by atoms with Crippen molar-refractivity contribution >= 4 is 34.8 Å². The lowest BCUT2D eigenvalue weighted by atomic mass is 10.0. The van der Waals surface area contributed by atoms with Crippen molar-refractivity contribution in [2.45, 2.75) is 19.8 Å². The molecule has 1 fully saturated rings. The van der Waals surface area contributed by atoms with E-state index in [2.05, 4.69) is 10.6 Å². The fourth-order valence-electron chi connectivity index (χ4n) is 2.66. The molecule has 3 rings (SSSR count). The molecule has 7 heteroatoms. The minimum Gasteiger partial charge on any atom is -0.495 e. The number of aryl methyl sites for hydroxylation is 1. The Labute approximate surface area is 155 Å². The first-order chi connectivity index (χ1) is 12.4. The molecular weight excluding hydrogens is 359 g/mol. The molecule has 2 N–H and O–H groups in total. The fraction of sp³-hybridized carbons (Fsp3) is 0.263. The predicted molar refractivity (Wildman–Crippen MR) is 98.1 cm³/mol. The van der Waals surface area contributed by atoms with Gasteiger partial charge in [0.15, 0.2) is 0 Å². The number of halogens is 2. The molecule has 1 aliphatic carbocycles. The Kier molecular flexibility index (Phi) is 4.87. The molecule has 5 nitrogen and oxygen atoms in total. The van der Waals surface area contributed by atoms with E-state index in [1.165, 1.54) is 25.3 Å². The van der Waals surface area contributed by atoms with Gasteiger partial charge in [0.1, 0.15) is 17.0 Å². The molecule has 26 heavy (non-hydrogen) atoms. The van der Waals surface area contributed by atoms with Crippen molar-refractivity contribution in [3.05, 3.63) is 52.8 Å². The molecule has 0 bridgehead atoms. The molecule has 0 radical (unpaired) electrons. The van der Waals surface area contributed by atoms with Crippen molar-refractivity contribution in [1.29, 1.82) is 0 Å². The van der Waals surface area contributed by atoms with Crippen LogP contribution in [0.1, 0.15) is 18.4 Å². The highest BCUT2D eigenvalue weighted by atomic mass is 35.5. The first-order valence-corrected chi connectivity index (χ1v) is 8.47. The van der Waals surface area contributed by atoms with Crippen LogP contribution in [0.2, 0.25) is 5.02 Å². The Hall–Kier alpha value is -2.60. The van der Waals surface area contributed by atoms with Crippen LogP contribution in [-0.4, -0.2) is 18.9 Å². The lowest BCUT2D eigenvalue weighted by Crippen LogP contribution is -2.36. The Balaban J connectivity index is 1.78. The average molecular weight is 377 g/mol. The smallest absolute Gasteiger partial charge is 0.240 e. The largest absolute Gasteiger partial charge is 0.495 e. The quantitative estimate of drug-likeness (QED) is 0.770. The fourth-order valence-corrected chi connectivity index (χ4v) is 2.81. The van der Waals surface area contributed by atoms with E-state index < -0.39 is 23.0 Å². The lowest BCUT2D eigenvalue weighted by molar-refractivity contribution is -0.131.